The normalized spacial score (nSPS) is 12.0. The lowest BCUT2D eigenvalue weighted by molar-refractivity contribution is -0.140. The van der Waals surface area contributed by atoms with Crippen LogP contribution in [0.15, 0.2) is 78.9 Å². The second kappa shape index (κ2) is 14.1. The van der Waals surface area contributed by atoms with E-state index in [1.807, 2.05) is 37.3 Å². The number of hydrogen-bond acceptors (Lipinski definition) is 4. The first-order valence-electron chi connectivity index (χ1n) is 12.7. The van der Waals surface area contributed by atoms with E-state index in [1.54, 1.807) is 24.3 Å². The van der Waals surface area contributed by atoms with E-state index in [1.165, 1.54) is 23.1 Å². The van der Waals surface area contributed by atoms with Crippen molar-refractivity contribution < 1.29 is 22.4 Å². The number of amides is 2. The first kappa shape index (κ1) is 30.1. The summed E-state index contributed by atoms with van der Waals surface area (Å²) < 4.78 is 40.2. The molecule has 2 amide bonds. The number of nitrogens with zero attached hydrogens (tertiary/aromatic N) is 2. The third-order valence-electron chi connectivity index (χ3n) is 6.12. The number of hydrogen-bond donors (Lipinski definition) is 1. The molecular formula is C29H33ClFN3O4S. The second-order valence-electron chi connectivity index (χ2n) is 9.25. The molecule has 0 aliphatic rings. The predicted octanol–water partition coefficient (Wildman–Crippen LogP) is 4.80. The molecule has 3 aromatic rings. The Morgan fingerprint density at radius 2 is 1.67 bits per heavy atom. The Labute approximate surface area is 234 Å². The van der Waals surface area contributed by atoms with Crippen molar-refractivity contribution in [3.63, 3.8) is 0 Å². The summed E-state index contributed by atoms with van der Waals surface area (Å²) in [7, 11) is -3.97. The van der Waals surface area contributed by atoms with Crippen LogP contribution in [-0.2, 0) is 32.6 Å². The van der Waals surface area contributed by atoms with Gasteiger partial charge in [0.2, 0.25) is 21.8 Å². The Bertz CT molecular complexity index is 1370. The minimum absolute atomic E-state index is 0.0127. The summed E-state index contributed by atoms with van der Waals surface area (Å²) in [6.45, 7) is 1.85. The van der Waals surface area contributed by atoms with Gasteiger partial charge in [0.05, 0.1) is 11.9 Å². The molecule has 0 aliphatic carbocycles. The van der Waals surface area contributed by atoms with Gasteiger partial charge in [0.1, 0.15) is 18.4 Å². The fourth-order valence-corrected chi connectivity index (χ4v) is 5.19. The van der Waals surface area contributed by atoms with Crippen molar-refractivity contribution >= 4 is 39.1 Å². The molecule has 3 aromatic carbocycles. The monoisotopic (exact) mass is 573 g/mol. The van der Waals surface area contributed by atoms with Gasteiger partial charge in [-0.15, -0.1) is 0 Å². The number of rotatable bonds is 13. The first-order chi connectivity index (χ1) is 18.6. The number of halogens is 2. The fraction of sp³-hybridized carbons (Fsp3) is 0.310. The highest BCUT2D eigenvalue weighted by molar-refractivity contribution is 7.92. The molecule has 0 saturated heterocycles. The fourth-order valence-electron chi connectivity index (χ4n) is 4.14. The van der Waals surface area contributed by atoms with Crippen LogP contribution in [0.2, 0.25) is 5.02 Å². The molecule has 0 fully saturated rings. The average molecular weight is 574 g/mol. The van der Waals surface area contributed by atoms with Crippen LogP contribution in [0.5, 0.6) is 0 Å². The maximum Gasteiger partial charge on any atom is 0.244 e. The van der Waals surface area contributed by atoms with Crippen LogP contribution in [0.1, 0.15) is 30.9 Å². The van der Waals surface area contributed by atoms with E-state index < -0.39 is 34.3 Å². The van der Waals surface area contributed by atoms with Crippen molar-refractivity contribution in [1.29, 1.82) is 0 Å². The second-order valence-corrected chi connectivity index (χ2v) is 11.6. The Kier molecular flexibility index (Phi) is 10.9. The molecule has 10 heteroatoms. The SMILES string of the molecule is CCCCNC(=O)C(Cc1ccccc1)N(Cc1cccc(Cl)c1)C(=O)CN(c1cccc(F)c1)S(C)(=O)=O. The molecule has 0 radical (unpaired) electrons. The average Bonchev–Trinajstić information content (AvgIpc) is 2.89. The molecule has 0 heterocycles. The zero-order valence-electron chi connectivity index (χ0n) is 22.0. The van der Waals surface area contributed by atoms with Gasteiger partial charge in [0.15, 0.2) is 0 Å². The summed E-state index contributed by atoms with van der Waals surface area (Å²) in [6.07, 6.45) is 2.81. The van der Waals surface area contributed by atoms with Crippen molar-refractivity contribution in [3.8, 4) is 0 Å². The summed E-state index contributed by atoms with van der Waals surface area (Å²) in [5.74, 6) is -1.60. The van der Waals surface area contributed by atoms with Crippen molar-refractivity contribution in [3.05, 3.63) is 101 Å². The van der Waals surface area contributed by atoms with E-state index >= 15 is 0 Å². The number of anilines is 1. The van der Waals surface area contributed by atoms with Gasteiger partial charge in [-0.2, -0.15) is 0 Å². The third kappa shape index (κ3) is 9.07. The number of nitrogens with one attached hydrogen (secondary N) is 1. The molecule has 0 aromatic heterocycles. The molecular weight excluding hydrogens is 541 g/mol. The van der Waals surface area contributed by atoms with Gasteiger partial charge in [0.25, 0.3) is 0 Å². The van der Waals surface area contributed by atoms with Crippen LogP contribution >= 0.6 is 11.6 Å². The molecule has 1 N–H and O–H groups in total. The lowest BCUT2D eigenvalue weighted by Crippen LogP contribution is -2.53. The third-order valence-corrected chi connectivity index (χ3v) is 7.49. The van der Waals surface area contributed by atoms with E-state index in [-0.39, 0.29) is 24.6 Å². The number of unbranched alkanes of at least 4 members (excludes halogenated alkanes) is 1. The van der Waals surface area contributed by atoms with E-state index in [4.69, 9.17) is 11.6 Å². The maximum atomic E-state index is 14.0. The molecule has 0 saturated carbocycles. The highest BCUT2D eigenvalue weighted by atomic mass is 35.5. The highest BCUT2D eigenvalue weighted by Crippen LogP contribution is 2.22. The molecule has 0 bridgehead atoms. The molecule has 3 rings (SSSR count). The van der Waals surface area contributed by atoms with Crippen molar-refractivity contribution in [1.82, 2.24) is 10.2 Å². The Morgan fingerprint density at radius 3 is 2.31 bits per heavy atom. The summed E-state index contributed by atoms with van der Waals surface area (Å²) in [4.78, 5) is 28.8. The molecule has 0 spiro atoms. The molecule has 39 heavy (non-hydrogen) atoms. The van der Waals surface area contributed by atoms with E-state index in [9.17, 15) is 22.4 Å². The zero-order valence-corrected chi connectivity index (χ0v) is 23.6. The summed E-state index contributed by atoms with van der Waals surface area (Å²) >= 11 is 6.20. The number of sulfonamides is 1. The Morgan fingerprint density at radius 1 is 0.974 bits per heavy atom. The number of carbonyl (C=O) groups excluding carboxylic acids is 2. The number of carbonyl (C=O) groups is 2. The van der Waals surface area contributed by atoms with Gasteiger partial charge in [-0.25, -0.2) is 12.8 Å². The maximum absolute atomic E-state index is 14.0. The minimum atomic E-state index is -3.97. The summed E-state index contributed by atoms with van der Waals surface area (Å²) in [5, 5.41) is 3.38. The molecule has 0 aliphatic heterocycles. The van der Waals surface area contributed by atoms with Crippen LogP contribution in [0, 0.1) is 5.82 Å². The van der Waals surface area contributed by atoms with Crippen molar-refractivity contribution in [2.24, 2.45) is 0 Å². The molecule has 1 unspecified atom stereocenters. The molecule has 1 atom stereocenters. The van der Waals surface area contributed by atoms with Gasteiger partial charge >= 0.3 is 0 Å². The smallest absolute Gasteiger partial charge is 0.244 e. The Hall–Kier alpha value is -3.43. The van der Waals surface area contributed by atoms with Gasteiger partial charge in [-0.3, -0.25) is 13.9 Å². The number of benzene rings is 3. The first-order valence-corrected chi connectivity index (χ1v) is 14.9. The van der Waals surface area contributed by atoms with Gasteiger partial charge in [0, 0.05) is 24.5 Å². The van der Waals surface area contributed by atoms with Gasteiger partial charge < -0.3 is 10.2 Å². The lowest BCUT2D eigenvalue weighted by Gasteiger charge is -2.33. The van der Waals surface area contributed by atoms with Gasteiger partial charge in [-0.1, -0.05) is 73.5 Å². The van der Waals surface area contributed by atoms with Crippen LogP contribution in [-0.4, -0.2) is 50.5 Å². The lowest BCUT2D eigenvalue weighted by atomic mass is 10.0. The van der Waals surface area contributed by atoms with E-state index in [2.05, 4.69) is 5.32 Å². The quantitative estimate of drug-likeness (QED) is 0.298. The predicted molar refractivity (Wildman–Crippen MR) is 152 cm³/mol. The highest BCUT2D eigenvalue weighted by Gasteiger charge is 2.33. The summed E-state index contributed by atoms with van der Waals surface area (Å²) in [5.41, 5.74) is 1.52. The molecule has 208 valence electrons. The standard InChI is InChI=1S/C29H33ClFN3O4S/c1-3-4-16-32-29(36)27(18-22-10-6-5-7-11-22)33(20-23-12-8-13-24(30)17-23)28(35)21-34(39(2,37)38)26-15-9-14-25(31)19-26/h5-15,17,19,27H,3-4,16,18,20-21H2,1-2H3,(H,32,36). The minimum Gasteiger partial charge on any atom is -0.354 e. The van der Waals surface area contributed by atoms with E-state index in [0.717, 1.165) is 35.0 Å². The van der Waals surface area contributed by atoms with Crippen LogP contribution in [0.3, 0.4) is 0 Å². The zero-order chi connectivity index (χ0) is 28.4. The van der Waals surface area contributed by atoms with Crippen LogP contribution in [0.4, 0.5) is 10.1 Å². The van der Waals surface area contributed by atoms with Crippen LogP contribution in [0.25, 0.3) is 0 Å². The Balaban J connectivity index is 2.03. The topological polar surface area (TPSA) is 86.8 Å². The van der Waals surface area contributed by atoms with Crippen molar-refractivity contribution in [2.75, 3.05) is 23.7 Å². The molecule has 7 nitrogen and oxygen atoms in total. The van der Waals surface area contributed by atoms with Crippen LogP contribution < -0.4 is 9.62 Å². The largest absolute Gasteiger partial charge is 0.354 e. The van der Waals surface area contributed by atoms with Gasteiger partial charge in [-0.05, 0) is 47.9 Å². The van der Waals surface area contributed by atoms with E-state index in [0.29, 0.717) is 17.1 Å². The van der Waals surface area contributed by atoms with Crippen molar-refractivity contribution in [2.45, 2.75) is 38.8 Å². The summed E-state index contributed by atoms with van der Waals surface area (Å²) in [6, 6.07) is 20.3.